The number of aromatic nitrogens is 3. The second-order valence-corrected chi connectivity index (χ2v) is 10.4. The summed E-state index contributed by atoms with van der Waals surface area (Å²) in [6, 6.07) is 10.3. The third-order valence-electron chi connectivity index (χ3n) is 6.66. The lowest BCUT2D eigenvalue weighted by molar-refractivity contribution is 0.0930. The van der Waals surface area contributed by atoms with Gasteiger partial charge in [0.25, 0.3) is 5.91 Å². The predicted molar refractivity (Wildman–Crippen MR) is 146 cm³/mol. The maximum atomic E-state index is 13.2. The van der Waals surface area contributed by atoms with Gasteiger partial charge < -0.3 is 25.2 Å². The smallest absolute Gasteiger partial charge is 0.289 e. The number of hydrogen-bond donors (Lipinski definition) is 3. The highest BCUT2D eigenvalue weighted by Crippen LogP contribution is 2.39. The van der Waals surface area contributed by atoms with Crippen molar-refractivity contribution in [1.29, 1.82) is 0 Å². The van der Waals surface area contributed by atoms with Crippen LogP contribution in [-0.4, -0.2) is 93.1 Å². The number of likely N-dealkylation sites (N-methyl/N-ethyl adjacent to an activating group) is 1. The molecule has 4 rings (SSSR count). The number of benzene rings is 2. The van der Waals surface area contributed by atoms with E-state index in [0.29, 0.717) is 29.2 Å². The molecule has 0 aliphatic carbocycles. The minimum Gasteiger partial charge on any atom is -0.508 e. The number of phenolic OH excluding ortho intramolecular Hbond substituents is 2. The SMILES string of the molecule is CC(C)NC(=O)c1nnc(-c2cc(C(C)C)c(O)cc2O)n1-c1ccccc1OCCN1CCN(C)CC1. The summed E-state index contributed by atoms with van der Waals surface area (Å²) in [6.07, 6.45) is 0. The molecular formula is C28H38N6O4. The van der Waals surface area contributed by atoms with Crippen LogP contribution in [0.3, 0.4) is 0 Å². The van der Waals surface area contributed by atoms with Crippen LogP contribution in [0.25, 0.3) is 17.1 Å². The third kappa shape index (κ3) is 6.08. The highest BCUT2D eigenvalue weighted by atomic mass is 16.5. The van der Waals surface area contributed by atoms with E-state index in [1.165, 1.54) is 6.07 Å². The molecule has 3 N–H and O–H groups in total. The van der Waals surface area contributed by atoms with Gasteiger partial charge in [-0.15, -0.1) is 10.2 Å². The average Bonchev–Trinajstić information content (AvgIpc) is 3.30. The number of amides is 1. The van der Waals surface area contributed by atoms with E-state index in [0.717, 1.165) is 32.7 Å². The molecular weight excluding hydrogens is 484 g/mol. The fraction of sp³-hybridized carbons (Fsp3) is 0.464. The molecule has 0 unspecified atom stereocenters. The summed E-state index contributed by atoms with van der Waals surface area (Å²) >= 11 is 0. The minimum atomic E-state index is -0.395. The zero-order valence-corrected chi connectivity index (χ0v) is 22.8. The topological polar surface area (TPSA) is 116 Å². The molecule has 1 fully saturated rings. The molecule has 38 heavy (non-hydrogen) atoms. The summed E-state index contributed by atoms with van der Waals surface area (Å²) in [7, 11) is 2.13. The minimum absolute atomic E-state index is 0.000346. The maximum absolute atomic E-state index is 13.2. The summed E-state index contributed by atoms with van der Waals surface area (Å²) in [4.78, 5) is 17.9. The molecule has 1 aliphatic heterocycles. The van der Waals surface area contributed by atoms with Crippen molar-refractivity contribution < 1.29 is 19.7 Å². The molecule has 1 saturated heterocycles. The summed E-state index contributed by atoms with van der Waals surface area (Å²) in [5.41, 5.74) is 1.59. The largest absolute Gasteiger partial charge is 0.508 e. The van der Waals surface area contributed by atoms with Crippen molar-refractivity contribution in [2.45, 2.75) is 39.7 Å². The molecule has 0 atom stereocenters. The Hall–Kier alpha value is -3.63. The van der Waals surface area contributed by atoms with E-state index in [4.69, 9.17) is 4.74 Å². The van der Waals surface area contributed by atoms with E-state index in [1.807, 2.05) is 52.0 Å². The van der Waals surface area contributed by atoms with Crippen molar-refractivity contribution in [1.82, 2.24) is 29.9 Å². The number of hydrogen-bond acceptors (Lipinski definition) is 8. The molecule has 3 aromatic rings. The number of carbonyl (C=O) groups excluding carboxylic acids is 1. The number of nitrogens with one attached hydrogen (secondary N) is 1. The molecule has 1 aromatic heterocycles. The fourth-order valence-corrected chi connectivity index (χ4v) is 4.52. The van der Waals surface area contributed by atoms with Crippen molar-refractivity contribution in [2.24, 2.45) is 0 Å². The lowest BCUT2D eigenvalue weighted by atomic mass is 9.98. The molecule has 1 aliphatic rings. The normalized spacial score (nSPS) is 14.8. The average molecular weight is 523 g/mol. The van der Waals surface area contributed by atoms with Crippen LogP contribution < -0.4 is 10.1 Å². The number of aromatic hydroxyl groups is 2. The number of ether oxygens (including phenoxy) is 1. The first-order valence-corrected chi connectivity index (χ1v) is 13.1. The van der Waals surface area contributed by atoms with Gasteiger partial charge in [0, 0.05) is 44.8 Å². The van der Waals surface area contributed by atoms with Crippen molar-refractivity contribution in [3.8, 4) is 34.3 Å². The van der Waals surface area contributed by atoms with Gasteiger partial charge in [0.05, 0.1) is 11.3 Å². The van der Waals surface area contributed by atoms with Crippen LogP contribution in [0.5, 0.6) is 17.2 Å². The van der Waals surface area contributed by atoms with Gasteiger partial charge in [-0.3, -0.25) is 14.3 Å². The molecule has 0 radical (unpaired) electrons. The van der Waals surface area contributed by atoms with E-state index < -0.39 is 5.91 Å². The molecule has 1 amide bonds. The van der Waals surface area contributed by atoms with Gasteiger partial charge in [-0.2, -0.15) is 0 Å². The Bertz CT molecular complexity index is 1260. The van der Waals surface area contributed by atoms with Crippen molar-refractivity contribution in [3.63, 3.8) is 0 Å². The van der Waals surface area contributed by atoms with Crippen LogP contribution in [0.1, 0.15) is 49.8 Å². The summed E-state index contributed by atoms with van der Waals surface area (Å²) in [6.45, 7) is 13.0. The standard InChI is InChI=1S/C28H38N6O4/c1-18(2)20-16-21(24(36)17-23(20)35)26-30-31-27(28(37)29-19(3)4)34(26)22-8-6-7-9-25(22)38-15-14-33-12-10-32(5)11-13-33/h6-9,16-19,35-36H,10-15H2,1-5H3,(H,29,37). The first-order chi connectivity index (χ1) is 18.2. The Balaban J connectivity index is 1.74. The van der Waals surface area contributed by atoms with Crippen molar-refractivity contribution >= 4 is 5.91 Å². The van der Waals surface area contributed by atoms with Crippen LogP contribution in [0, 0.1) is 0 Å². The molecule has 0 saturated carbocycles. The molecule has 0 spiro atoms. The molecule has 2 aromatic carbocycles. The van der Waals surface area contributed by atoms with Gasteiger partial charge in [0.1, 0.15) is 23.9 Å². The van der Waals surface area contributed by atoms with Gasteiger partial charge in [-0.05, 0) is 50.6 Å². The predicted octanol–water partition coefficient (Wildman–Crippen LogP) is 3.23. The summed E-state index contributed by atoms with van der Waals surface area (Å²) in [5, 5.41) is 32.6. The summed E-state index contributed by atoms with van der Waals surface area (Å²) in [5.74, 6) is 0.356. The highest BCUT2D eigenvalue weighted by molar-refractivity contribution is 5.92. The van der Waals surface area contributed by atoms with E-state index in [1.54, 1.807) is 10.6 Å². The van der Waals surface area contributed by atoms with Gasteiger partial charge in [0.15, 0.2) is 5.82 Å². The van der Waals surface area contributed by atoms with Crippen LogP contribution in [0.15, 0.2) is 36.4 Å². The van der Waals surface area contributed by atoms with Crippen molar-refractivity contribution in [2.75, 3.05) is 46.4 Å². The zero-order valence-electron chi connectivity index (χ0n) is 22.8. The quantitative estimate of drug-likeness (QED) is 0.392. The lowest BCUT2D eigenvalue weighted by Crippen LogP contribution is -2.45. The van der Waals surface area contributed by atoms with Gasteiger partial charge in [-0.25, -0.2) is 0 Å². The van der Waals surface area contributed by atoms with Crippen molar-refractivity contribution in [3.05, 3.63) is 47.8 Å². The molecule has 10 heteroatoms. The van der Waals surface area contributed by atoms with E-state index in [9.17, 15) is 15.0 Å². The molecule has 204 valence electrons. The van der Waals surface area contributed by atoms with Crippen LogP contribution in [0.4, 0.5) is 0 Å². The van der Waals surface area contributed by atoms with Gasteiger partial charge >= 0.3 is 0 Å². The molecule has 2 heterocycles. The summed E-state index contributed by atoms with van der Waals surface area (Å²) < 4.78 is 7.85. The van der Waals surface area contributed by atoms with E-state index in [2.05, 4.69) is 32.4 Å². The molecule has 10 nitrogen and oxygen atoms in total. The Labute approximate surface area is 223 Å². The number of carbonyl (C=O) groups is 1. The lowest BCUT2D eigenvalue weighted by Gasteiger charge is -2.32. The highest BCUT2D eigenvalue weighted by Gasteiger charge is 2.26. The third-order valence-corrected chi connectivity index (χ3v) is 6.66. The monoisotopic (exact) mass is 522 g/mol. The Kier molecular flexibility index (Phi) is 8.53. The molecule has 0 bridgehead atoms. The number of para-hydroxylation sites is 2. The van der Waals surface area contributed by atoms with Crippen LogP contribution in [-0.2, 0) is 0 Å². The number of rotatable bonds is 9. The first kappa shape index (κ1) is 27.4. The Morgan fingerprint density at radius 3 is 2.42 bits per heavy atom. The van der Waals surface area contributed by atoms with Crippen LogP contribution in [0.2, 0.25) is 0 Å². The van der Waals surface area contributed by atoms with Gasteiger partial charge in [-0.1, -0.05) is 26.0 Å². The Morgan fingerprint density at radius 1 is 1.03 bits per heavy atom. The fourth-order valence-electron chi connectivity index (χ4n) is 4.52. The number of nitrogens with zero attached hydrogens (tertiary/aromatic N) is 5. The van der Waals surface area contributed by atoms with E-state index in [-0.39, 0.29) is 35.1 Å². The second-order valence-electron chi connectivity index (χ2n) is 10.4. The Morgan fingerprint density at radius 2 is 1.74 bits per heavy atom. The maximum Gasteiger partial charge on any atom is 0.289 e. The van der Waals surface area contributed by atoms with Crippen LogP contribution >= 0.6 is 0 Å². The zero-order chi connectivity index (χ0) is 27.4. The number of piperazine rings is 1. The number of phenols is 2. The van der Waals surface area contributed by atoms with E-state index >= 15 is 0 Å². The van der Waals surface area contributed by atoms with Gasteiger partial charge in [0.2, 0.25) is 5.82 Å². The first-order valence-electron chi connectivity index (χ1n) is 13.1. The second kappa shape index (κ2) is 11.8.